The van der Waals surface area contributed by atoms with Gasteiger partial charge in [-0.3, -0.25) is 9.69 Å². The Kier molecular flexibility index (Phi) is 7.08. The Hall–Kier alpha value is -2.94. The van der Waals surface area contributed by atoms with E-state index in [0.29, 0.717) is 31.3 Å². The molecule has 1 saturated heterocycles. The number of amides is 1. The molecule has 34 heavy (non-hydrogen) atoms. The van der Waals surface area contributed by atoms with E-state index < -0.39 is 0 Å². The smallest absolute Gasteiger partial charge is 0.255 e. The summed E-state index contributed by atoms with van der Waals surface area (Å²) in [6, 6.07) is 18.2. The summed E-state index contributed by atoms with van der Waals surface area (Å²) in [5.41, 5.74) is 4.23. The van der Waals surface area contributed by atoms with Crippen LogP contribution in [0.4, 0.5) is 0 Å². The lowest BCUT2D eigenvalue weighted by Crippen LogP contribution is -2.48. The summed E-state index contributed by atoms with van der Waals surface area (Å²) in [6.45, 7) is 5.56. The Bertz CT molecular complexity index is 1230. The number of aryl methyl sites for hydroxylation is 1. The van der Waals surface area contributed by atoms with Gasteiger partial charge >= 0.3 is 0 Å². The number of thioether (sulfide) groups is 1. The van der Waals surface area contributed by atoms with Crippen molar-refractivity contribution in [2.24, 2.45) is 0 Å². The molecule has 0 aliphatic carbocycles. The fraction of sp³-hybridized carbons (Fsp3) is 0.269. The topological polar surface area (TPSA) is 62.5 Å². The van der Waals surface area contributed by atoms with Crippen molar-refractivity contribution in [2.75, 3.05) is 26.2 Å². The molecule has 0 atom stereocenters. The predicted molar refractivity (Wildman–Crippen MR) is 136 cm³/mol. The van der Waals surface area contributed by atoms with Crippen molar-refractivity contribution in [3.8, 4) is 11.4 Å². The maximum Gasteiger partial charge on any atom is 0.255 e. The van der Waals surface area contributed by atoms with Crippen molar-refractivity contribution in [1.82, 2.24) is 19.9 Å². The van der Waals surface area contributed by atoms with Crippen molar-refractivity contribution in [2.45, 2.75) is 24.1 Å². The standard InChI is InChI=1S/C26H26N4O2S2/c1-19-6-8-21(9-7-19)25-27-24(32-28-25)16-29-11-13-30(14-12-29)26(31)22-4-2-3-5-23(22)34-18-20-10-15-33-17-20/h2-10,15,17H,11-14,16,18H2,1H3. The van der Waals surface area contributed by atoms with Crippen LogP contribution in [0.15, 0.2) is 74.8 Å². The summed E-state index contributed by atoms with van der Waals surface area (Å²) < 4.78 is 5.48. The first-order valence-corrected chi connectivity index (χ1v) is 13.2. The van der Waals surface area contributed by atoms with Crippen LogP contribution in [-0.2, 0) is 12.3 Å². The lowest BCUT2D eigenvalue weighted by Gasteiger charge is -2.34. The number of carbonyl (C=O) groups is 1. The SMILES string of the molecule is Cc1ccc(-c2noc(CN3CCN(C(=O)c4ccccc4SCc4ccsc4)CC3)n2)cc1. The summed E-state index contributed by atoms with van der Waals surface area (Å²) in [4.78, 5) is 23.1. The van der Waals surface area contributed by atoms with Gasteiger partial charge in [-0.25, -0.2) is 0 Å². The second-order valence-electron chi connectivity index (χ2n) is 8.36. The minimum Gasteiger partial charge on any atom is -0.338 e. The first-order chi connectivity index (χ1) is 16.7. The molecule has 8 heteroatoms. The highest BCUT2D eigenvalue weighted by atomic mass is 32.2. The minimum atomic E-state index is 0.104. The number of carbonyl (C=O) groups excluding carboxylic acids is 1. The second kappa shape index (κ2) is 10.5. The monoisotopic (exact) mass is 490 g/mol. The number of hydrogen-bond acceptors (Lipinski definition) is 7. The average molecular weight is 491 g/mol. The molecule has 1 aliphatic heterocycles. The van der Waals surface area contributed by atoms with Gasteiger partial charge in [0.05, 0.1) is 12.1 Å². The molecule has 2 aromatic carbocycles. The van der Waals surface area contributed by atoms with Gasteiger partial charge in [0.25, 0.3) is 5.91 Å². The molecule has 0 N–H and O–H groups in total. The molecule has 3 heterocycles. The molecule has 0 bridgehead atoms. The molecule has 2 aromatic heterocycles. The molecule has 0 unspecified atom stereocenters. The van der Waals surface area contributed by atoms with Gasteiger partial charge in [-0.05, 0) is 41.4 Å². The highest BCUT2D eigenvalue weighted by Gasteiger charge is 2.25. The van der Waals surface area contributed by atoms with Gasteiger partial charge in [0.1, 0.15) is 0 Å². The maximum atomic E-state index is 13.3. The van der Waals surface area contributed by atoms with Gasteiger partial charge in [-0.1, -0.05) is 47.1 Å². The van der Waals surface area contributed by atoms with E-state index in [2.05, 4.69) is 38.8 Å². The molecule has 0 radical (unpaired) electrons. The zero-order chi connectivity index (χ0) is 23.3. The average Bonchev–Trinajstić information content (AvgIpc) is 3.56. The quantitative estimate of drug-likeness (QED) is 0.325. The maximum absolute atomic E-state index is 13.3. The van der Waals surface area contributed by atoms with Crippen molar-refractivity contribution in [3.05, 3.63) is 87.9 Å². The fourth-order valence-corrected chi connectivity index (χ4v) is 5.68. The molecule has 0 saturated carbocycles. The molecule has 174 valence electrons. The first-order valence-electron chi connectivity index (χ1n) is 11.3. The van der Waals surface area contributed by atoms with Gasteiger partial charge < -0.3 is 9.42 Å². The molecule has 5 rings (SSSR count). The summed E-state index contributed by atoms with van der Waals surface area (Å²) in [7, 11) is 0. The van der Waals surface area contributed by atoms with E-state index in [1.54, 1.807) is 23.1 Å². The van der Waals surface area contributed by atoms with E-state index in [1.165, 1.54) is 11.1 Å². The number of rotatable bonds is 7. The normalized spacial score (nSPS) is 14.4. The van der Waals surface area contributed by atoms with Gasteiger partial charge in [0, 0.05) is 42.4 Å². The predicted octanol–water partition coefficient (Wildman–Crippen LogP) is 5.36. The Morgan fingerprint density at radius 3 is 2.62 bits per heavy atom. The fourth-order valence-electron chi connectivity index (χ4n) is 3.91. The van der Waals surface area contributed by atoms with Gasteiger partial charge in [-0.15, -0.1) is 11.8 Å². The van der Waals surface area contributed by atoms with Crippen LogP contribution in [0.2, 0.25) is 0 Å². The van der Waals surface area contributed by atoms with Crippen LogP contribution in [0.1, 0.15) is 27.4 Å². The van der Waals surface area contributed by atoms with Crippen molar-refractivity contribution in [1.29, 1.82) is 0 Å². The number of piperazine rings is 1. The van der Waals surface area contributed by atoms with E-state index in [0.717, 1.165) is 34.9 Å². The zero-order valence-electron chi connectivity index (χ0n) is 19.0. The molecule has 1 amide bonds. The summed E-state index contributed by atoms with van der Waals surface area (Å²) in [5, 5.41) is 8.37. The van der Waals surface area contributed by atoms with E-state index in [-0.39, 0.29) is 5.91 Å². The Labute approximate surface area is 207 Å². The van der Waals surface area contributed by atoms with Crippen LogP contribution in [0.3, 0.4) is 0 Å². The van der Waals surface area contributed by atoms with Crippen molar-refractivity contribution >= 4 is 29.0 Å². The summed E-state index contributed by atoms with van der Waals surface area (Å²) in [6.07, 6.45) is 0. The van der Waals surface area contributed by atoms with E-state index >= 15 is 0 Å². The van der Waals surface area contributed by atoms with E-state index in [4.69, 9.17) is 4.52 Å². The first kappa shape index (κ1) is 22.8. The highest BCUT2D eigenvalue weighted by Crippen LogP contribution is 2.28. The van der Waals surface area contributed by atoms with Crippen molar-refractivity contribution < 1.29 is 9.32 Å². The molecule has 1 aliphatic rings. The molecule has 6 nitrogen and oxygen atoms in total. The van der Waals surface area contributed by atoms with Crippen LogP contribution < -0.4 is 0 Å². The highest BCUT2D eigenvalue weighted by molar-refractivity contribution is 7.98. The molecule has 4 aromatic rings. The number of hydrogen-bond donors (Lipinski definition) is 0. The number of nitrogens with zero attached hydrogens (tertiary/aromatic N) is 4. The Morgan fingerprint density at radius 1 is 1.06 bits per heavy atom. The number of thiophene rings is 1. The molecule has 1 fully saturated rings. The van der Waals surface area contributed by atoms with Crippen LogP contribution in [0.25, 0.3) is 11.4 Å². The third kappa shape index (κ3) is 5.41. The van der Waals surface area contributed by atoms with Crippen LogP contribution in [0.5, 0.6) is 0 Å². The Morgan fingerprint density at radius 2 is 1.85 bits per heavy atom. The largest absolute Gasteiger partial charge is 0.338 e. The van der Waals surface area contributed by atoms with E-state index in [1.807, 2.05) is 53.4 Å². The third-order valence-corrected chi connectivity index (χ3v) is 7.76. The second-order valence-corrected chi connectivity index (χ2v) is 10.2. The van der Waals surface area contributed by atoms with Gasteiger partial charge in [-0.2, -0.15) is 16.3 Å². The van der Waals surface area contributed by atoms with Crippen molar-refractivity contribution in [3.63, 3.8) is 0 Å². The molecular weight excluding hydrogens is 464 g/mol. The van der Waals surface area contributed by atoms with Crippen LogP contribution >= 0.6 is 23.1 Å². The third-order valence-electron chi connectivity index (χ3n) is 5.89. The van der Waals surface area contributed by atoms with E-state index in [9.17, 15) is 4.79 Å². The lowest BCUT2D eigenvalue weighted by atomic mass is 10.1. The summed E-state index contributed by atoms with van der Waals surface area (Å²) >= 11 is 3.42. The van der Waals surface area contributed by atoms with Crippen LogP contribution in [0, 0.1) is 6.92 Å². The summed E-state index contributed by atoms with van der Waals surface area (Å²) in [5.74, 6) is 2.19. The Balaban J connectivity index is 1.17. The lowest BCUT2D eigenvalue weighted by molar-refractivity contribution is 0.0612. The van der Waals surface area contributed by atoms with Gasteiger partial charge in [0.2, 0.25) is 11.7 Å². The zero-order valence-corrected chi connectivity index (χ0v) is 20.6. The molecular formula is C26H26N4O2S2. The van der Waals surface area contributed by atoms with Gasteiger partial charge in [0.15, 0.2) is 0 Å². The number of benzene rings is 2. The minimum absolute atomic E-state index is 0.104. The molecule has 0 spiro atoms. The number of aromatic nitrogens is 2. The van der Waals surface area contributed by atoms with Crippen LogP contribution in [-0.4, -0.2) is 52.0 Å².